The molecule has 0 aliphatic heterocycles. The van der Waals surface area contributed by atoms with Gasteiger partial charge in [-0.1, -0.05) is 23.8 Å². The number of hydrogen-bond acceptors (Lipinski definition) is 4. The highest BCUT2D eigenvalue weighted by Gasteiger charge is 2.16. The monoisotopic (exact) mass is 384 g/mol. The average Bonchev–Trinajstić information content (AvgIpc) is 3.10. The van der Waals surface area contributed by atoms with Crippen LogP contribution in [0.3, 0.4) is 0 Å². The number of aliphatic imine (C=N–C) groups is 1. The zero-order valence-corrected chi connectivity index (χ0v) is 16.5. The molecule has 4 nitrogen and oxygen atoms in total. The number of nitrogens with one attached hydrogen (secondary N) is 1. The lowest BCUT2D eigenvalue weighted by molar-refractivity contribution is 0.601. The van der Waals surface area contributed by atoms with Crippen molar-refractivity contribution < 1.29 is 8.42 Å². The fraction of sp³-hybridized carbons (Fsp3) is 0.150. The smallest absolute Gasteiger partial charge is 0.261 e. The second-order valence-electron chi connectivity index (χ2n) is 6.15. The number of thiophene rings is 1. The molecule has 0 spiro atoms. The van der Waals surface area contributed by atoms with Crippen LogP contribution in [0.5, 0.6) is 0 Å². The van der Waals surface area contributed by atoms with Gasteiger partial charge < -0.3 is 0 Å². The van der Waals surface area contributed by atoms with Gasteiger partial charge in [0.25, 0.3) is 10.0 Å². The Balaban J connectivity index is 1.82. The molecular formula is C20H20N2O2S2. The third-order valence-corrected chi connectivity index (χ3v) is 6.12. The van der Waals surface area contributed by atoms with Crippen molar-refractivity contribution in [3.63, 3.8) is 0 Å². The Kier molecular flexibility index (Phi) is 5.25. The van der Waals surface area contributed by atoms with Crippen molar-refractivity contribution in [1.29, 1.82) is 0 Å². The molecule has 0 saturated carbocycles. The lowest BCUT2D eigenvalue weighted by atomic mass is 10.1. The van der Waals surface area contributed by atoms with Crippen molar-refractivity contribution in [2.24, 2.45) is 4.99 Å². The van der Waals surface area contributed by atoms with Crippen molar-refractivity contribution in [3.05, 3.63) is 75.5 Å². The lowest BCUT2D eigenvalue weighted by Gasteiger charge is -2.14. The van der Waals surface area contributed by atoms with Crippen LogP contribution in [0.25, 0.3) is 0 Å². The van der Waals surface area contributed by atoms with Gasteiger partial charge in [0.05, 0.1) is 16.3 Å². The minimum Gasteiger partial charge on any atom is -0.279 e. The number of aryl methyl sites for hydroxylation is 3. The summed E-state index contributed by atoms with van der Waals surface area (Å²) in [5.74, 6) is 0. The molecule has 0 fully saturated rings. The predicted octanol–water partition coefficient (Wildman–Crippen LogP) is 5.22. The molecule has 6 heteroatoms. The van der Waals surface area contributed by atoms with Gasteiger partial charge in [0, 0.05) is 11.1 Å². The van der Waals surface area contributed by atoms with E-state index in [1.807, 2.05) is 50.4 Å². The van der Waals surface area contributed by atoms with Crippen LogP contribution in [-0.4, -0.2) is 14.6 Å². The van der Waals surface area contributed by atoms with E-state index in [0.29, 0.717) is 11.4 Å². The summed E-state index contributed by atoms with van der Waals surface area (Å²) in [7, 11) is -3.65. The molecule has 26 heavy (non-hydrogen) atoms. The maximum atomic E-state index is 12.7. The van der Waals surface area contributed by atoms with Crippen molar-refractivity contribution in [2.45, 2.75) is 25.7 Å². The van der Waals surface area contributed by atoms with Crippen molar-refractivity contribution >= 4 is 38.9 Å². The van der Waals surface area contributed by atoms with E-state index in [4.69, 9.17) is 0 Å². The van der Waals surface area contributed by atoms with E-state index in [1.165, 1.54) is 0 Å². The topological polar surface area (TPSA) is 58.5 Å². The van der Waals surface area contributed by atoms with Crippen LogP contribution in [0.15, 0.2) is 63.8 Å². The van der Waals surface area contributed by atoms with Gasteiger partial charge in [0.15, 0.2) is 0 Å². The summed E-state index contributed by atoms with van der Waals surface area (Å²) in [5.41, 5.74) is 4.26. The van der Waals surface area contributed by atoms with E-state index in [9.17, 15) is 8.42 Å². The molecule has 1 heterocycles. The largest absolute Gasteiger partial charge is 0.279 e. The summed E-state index contributed by atoms with van der Waals surface area (Å²) in [4.78, 5) is 5.63. The Labute approximate surface area is 158 Å². The normalized spacial score (nSPS) is 11.8. The highest BCUT2D eigenvalue weighted by atomic mass is 32.2. The summed E-state index contributed by atoms with van der Waals surface area (Å²) in [5, 5.41) is 1.98. The number of rotatable bonds is 5. The molecule has 1 aromatic heterocycles. The Bertz CT molecular complexity index is 1010. The number of hydrogen-bond donors (Lipinski definition) is 1. The van der Waals surface area contributed by atoms with Gasteiger partial charge in [0.1, 0.15) is 0 Å². The second kappa shape index (κ2) is 7.43. The summed E-state index contributed by atoms with van der Waals surface area (Å²) in [6.07, 6.45) is 1.77. The fourth-order valence-corrected chi connectivity index (χ4v) is 4.54. The predicted molar refractivity (Wildman–Crippen MR) is 109 cm³/mol. The molecule has 0 saturated heterocycles. The van der Waals surface area contributed by atoms with Crippen molar-refractivity contribution in [3.8, 4) is 0 Å². The highest BCUT2D eigenvalue weighted by Crippen LogP contribution is 2.26. The standard InChI is InChI=1S/C20H20N2O2S2/c1-14-11-15(2)20(16(3)12-14)22-26(23,24)19-8-6-17(7-9-19)21-13-18-5-4-10-25-18/h4-13,22H,1-3H3. The van der Waals surface area contributed by atoms with Gasteiger partial charge in [-0.25, -0.2) is 8.42 Å². The zero-order valence-electron chi connectivity index (χ0n) is 14.9. The Morgan fingerprint density at radius 2 is 1.65 bits per heavy atom. The molecule has 0 amide bonds. The minimum absolute atomic E-state index is 0.215. The molecule has 0 unspecified atom stereocenters. The summed E-state index contributed by atoms with van der Waals surface area (Å²) in [6, 6.07) is 14.4. The van der Waals surface area contributed by atoms with E-state index >= 15 is 0 Å². The number of anilines is 1. The van der Waals surface area contributed by atoms with Crippen molar-refractivity contribution in [2.75, 3.05) is 4.72 Å². The third-order valence-electron chi connectivity index (χ3n) is 3.94. The molecule has 0 atom stereocenters. The van der Waals surface area contributed by atoms with Crippen LogP contribution in [0.1, 0.15) is 21.6 Å². The van der Waals surface area contributed by atoms with Gasteiger partial charge in [-0.05, 0) is 67.6 Å². The summed E-state index contributed by atoms with van der Waals surface area (Å²) < 4.78 is 28.1. The van der Waals surface area contributed by atoms with Crippen LogP contribution in [0, 0.1) is 20.8 Å². The van der Waals surface area contributed by atoms with E-state index in [0.717, 1.165) is 21.6 Å². The first-order chi connectivity index (χ1) is 12.3. The quantitative estimate of drug-likeness (QED) is 0.613. The SMILES string of the molecule is Cc1cc(C)c(NS(=O)(=O)c2ccc(N=Cc3cccs3)cc2)c(C)c1. The van der Waals surface area contributed by atoms with Gasteiger partial charge in [-0.2, -0.15) is 0 Å². The molecular weight excluding hydrogens is 364 g/mol. The first-order valence-electron chi connectivity index (χ1n) is 8.13. The Morgan fingerprint density at radius 1 is 1.00 bits per heavy atom. The molecule has 3 aromatic rings. The zero-order chi connectivity index (χ0) is 18.7. The maximum absolute atomic E-state index is 12.7. The number of sulfonamides is 1. The Morgan fingerprint density at radius 3 is 2.23 bits per heavy atom. The summed E-state index contributed by atoms with van der Waals surface area (Å²) in [6.45, 7) is 5.80. The lowest BCUT2D eigenvalue weighted by Crippen LogP contribution is -2.14. The van der Waals surface area contributed by atoms with Crippen LogP contribution >= 0.6 is 11.3 Å². The first kappa shape index (κ1) is 18.4. The molecule has 0 radical (unpaired) electrons. The highest BCUT2D eigenvalue weighted by molar-refractivity contribution is 7.92. The van der Waals surface area contributed by atoms with Gasteiger partial charge >= 0.3 is 0 Å². The maximum Gasteiger partial charge on any atom is 0.261 e. The molecule has 1 N–H and O–H groups in total. The molecule has 0 bridgehead atoms. The van der Waals surface area contributed by atoms with E-state index in [2.05, 4.69) is 9.71 Å². The van der Waals surface area contributed by atoms with E-state index in [1.54, 1.807) is 41.8 Å². The number of benzene rings is 2. The summed E-state index contributed by atoms with van der Waals surface area (Å²) >= 11 is 1.60. The Hall–Kier alpha value is -2.44. The average molecular weight is 385 g/mol. The minimum atomic E-state index is -3.65. The van der Waals surface area contributed by atoms with Crippen LogP contribution < -0.4 is 4.72 Å². The van der Waals surface area contributed by atoms with Crippen LogP contribution in [0.4, 0.5) is 11.4 Å². The molecule has 134 valence electrons. The molecule has 2 aromatic carbocycles. The van der Waals surface area contributed by atoms with Crippen LogP contribution in [0.2, 0.25) is 0 Å². The van der Waals surface area contributed by atoms with E-state index < -0.39 is 10.0 Å². The second-order valence-corrected chi connectivity index (χ2v) is 8.81. The van der Waals surface area contributed by atoms with Gasteiger partial charge in [-0.3, -0.25) is 9.71 Å². The van der Waals surface area contributed by atoms with Gasteiger partial charge in [-0.15, -0.1) is 11.3 Å². The van der Waals surface area contributed by atoms with E-state index in [-0.39, 0.29) is 4.90 Å². The molecule has 0 aliphatic rings. The third kappa shape index (κ3) is 4.20. The molecule has 3 rings (SSSR count). The fourth-order valence-electron chi connectivity index (χ4n) is 2.75. The van der Waals surface area contributed by atoms with Crippen molar-refractivity contribution in [1.82, 2.24) is 0 Å². The molecule has 0 aliphatic carbocycles. The van der Waals surface area contributed by atoms with Gasteiger partial charge in [0.2, 0.25) is 0 Å². The van der Waals surface area contributed by atoms with Crippen LogP contribution in [-0.2, 0) is 10.0 Å². The first-order valence-corrected chi connectivity index (χ1v) is 10.5. The number of nitrogens with zero attached hydrogens (tertiary/aromatic N) is 1.